The van der Waals surface area contributed by atoms with E-state index >= 15 is 0 Å². The number of hydrogen-bond acceptors (Lipinski definition) is 3. The second-order valence-corrected chi connectivity index (χ2v) is 7.14. The molecule has 2 aromatic carbocycles. The van der Waals surface area contributed by atoms with E-state index in [1.807, 2.05) is 6.21 Å². The fraction of sp³-hybridized carbons (Fsp3) is 0.261. The molecular formula is C23H27N3. The van der Waals surface area contributed by atoms with Crippen molar-refractivity contribution in [3.8, 4) is 0 Å². The van der Waals surface area contributed by atoms with Crippen LogP contribution in [0.15, 0.2) is 65.4 Å². The van der Waals surface area contributed by atoms with Crippen LogP contribution in [-0.4, -0.2) is 25.2 Å². The molecule has 1 aliphatic carbocycles. The van der Waals surface area contributed by atoms with Gasteiger partial charge in [-0.3, -0.25) is 5.43 Å². The van der Waals surface area contributed by atoms with Gasteiger partial charge in [0.2, 0.25) is 0 Å². The molecule has 0 spiro atoms. The molecular weight excluding hydrogens is 318 g/mol. The first-order valence-corrected chi connectivity index (χ1v) is 8.99. The van der Waals surface area contributed by atoms with Gasteiger partial charge in [-0.2, -0.15) is 5.10 Å². The summed E-state index contributed by atoms with van der Waals surface area (Å²) in [5, 5.41) is 4.52. The lowest BCUT2D eigenvalue weighted by atomic mass is 9.96. The number of benzene rings is 2. The highest BCUT2D eigenvalue weighted by molar-refractivity contribution is 5.83. The largest absolute Gasteiger partial charge is 0.378 e. The van der Waals surface area contributed by atoms with E-state index in [1.54, 1.807) is 0 Å². The molecule has 26 heavy (non-hydrogen) atoms. The van der Waals surface area contributed by atoms with Crippen molar-refractivity contribution in [2.24, 2.45) is 5.10 Å². The third-order valence-electron chi connectivity index (χ3n) is 4.75. The molecule has 0 radical (unpaired) electrons. The van der Waals surface area contributed by atoms with Crippen LogP contribution in [0.1, 0.15) is 33.7 Å². The Morgan fingerprint density at radius 3 is 2.38 bits per heavy atom. The summed E-state index contributed by atoms with van der Waals surface area (Å²) in [5.41, 5.74) is 11.7. The van der Waals surface area contributed by atoms with E-state index in [0.29, 0.717) is 0 Å². The van der Waals surface area contributed by atoms with Gasteiger partial charge in [0.05, 0.1) is 11.9 Å². The van der Waals surface area contributed by atoms with Crippen molar-refractivity contribution in [3.05, 3.63) is 88.1 Å². The van der Waals surface area contributed by atoms with Gasteiger partial charge < -0.3 is 4.90 Å². The summed E-state index contributed by atoms with van der Waals surface area (Å²) in [7, 11) is 4.14. The molecule has 3 nitrogen and oxygen atoms in total. The standard InChI is InChI=1S/C23H27N3/c1-16-12-17(2)23(18(3)13-16)25-24-15-20-8-6-7-9-22(20)19-10-11-21(14-19)26(4)5/h6-15,19,25H,1-5H3. The Hall–Kier alpha value is -2.81. The van der Waals surface area contributed by atoms with Crippen molar-refractivity contribution in [3.63, 3.8) is 0 Å². The van der Waals surface area contributed by atoms with E-state index in [2.05, 4.69) is 105 Å². The lowest BCUT2D eigenvalue weighted by Gasteiger charge is -2.13. The first-order valence-electron chi connectivity index (χ1n) is 8.99. The van der Waals surface area contributed by atoms with Crippen LogP contribution in [-0.2, 0) is 0 Å². The number of anilines is 1. The van der Waals surface area contributed by atoms with Crippen LogP contribution in [0.5, 0.6) is 0 Å². The number of nitrogens with zero attached hydrogens (tertiary/aromatic N) is 2. The lowest BCUT2D eigenvalue weighted by Crippen LogP contribution is -2.08. The van der Waals surface area contributed by atoms with Gasteiger partial charge in [0, 0.05) is 25.7 Å². The van der Waals surface area contributed by atoms with Crippen LogP contribution in [0.4, 0.5) is 5.69 Å². The molecule has 0 saturated heterocycles. The summed E-state index contributed by atoms with van der Waals surface area (Å²) >= 11 is 0. The predicted octanol–water partition coefficient (Wildman–Crippen LogP) is 5.16. The summed E-state index contributed by atoms with van der Waals surface area (Å²) in [6.07, 6.45) is 8.62. The minimum absolute atomic E-state index is 0.290. The fourth-order valence-electron chi connectivity index (χ4n) is 3.44. The van der Waals surface area contributed by atoms with Gasteiger partial charge in [-0.15, -0.1) is 0 Å². The number of rotatable bonds is 5. The van der Waals surface area contributed by atoms with Crippen LogP contribution in [0.3, 0.4) is 0 Å². The van der Waals surface area contributed by atoms with Gasteiger partial charge in [-0.1, -0.05) is 48.0 Å². The highest BCUT2D eigenvalue weighted by atomic mass is 15.3. The predicted molar refractivity (Wildman–Crippen MR) is 112 cm³/mol. The Balaban J connectivity index is 1.82. The maximum Gasteiger partial charge on any atom is 0.0620 e. The third kappa shape index (κ3) is 3.88. The van der Waals surface area contributed by atoms with E-state index in [1.165, 1.54) is 28.0 Å². The zero-order chi connectivity index (χ0) is 18.7. The highest BCUT2D eigenvalue weighted by Crippen LogP contribution is 2.29. The van der Waals surface area contributed by atoms with Gasteiger partial charge in [0.1, 0.15) is 0 Å². The molecule has 0 bridgehead atoms. The van der Waals surface area contributed by atoms with Crippen LogP contribution in [0.25, 0.3) is 0 Å². The van der Waals surface area contributed by atoms with E-state index < -0.39 is 0 Å². The summed E-state index contributed by atoms with van der Waals surface area (Å²) in [6.45, 7) is 6.35. The van der Waals surface area contributed by atoms with Crippen LogP contribution in [0.2, 0.25) is 0 Å². The second-order valence-electron chi connectivity index (χ2n) is 7.14. The Bertz CT molecular complexity index is 865. The summed E-state index contributed by atoms with van der Waals surface area (Å²) in [4.78, 5) is 2.14. The monoisotopic (exact) mass is 345 g/mol. The Labute approximate surface area is 156 Å². The molecule has 1 N–H and O–H groups in total. The van der Waals surface area contributed by atoms with E-state index in [9.17, 15) is 0 Å². The van der Waals surface area contributed by atoms with Crippen LogP contribution in [0, 0.1) is 20.8 Å². The summed E-state index contributed by atoms with van der Waals surface area (Å²) < 4.78 is 0. The van der Waals surface area contributed by atoms with Gasteiger partial charge in [-0.05, 0) is 55.2 Å². The normalized spacial score (nSPS) is 16.2. The zero-order valence-electron chi connectivity index (χ0n) is 16.2. The zero-order valence-corrected chi connectivity index (χ0v) is 16.2. The molecule has 134 valence electrons. The summed E-state index contributed by atoms with van der Waals surface area (Å²) in [5.74, 6) is 0.290. The topological polar surface area (TPSA) is 27.6 Å². The molecule has 2 aromatic rings. The Morgan fingerprint density at radius 1 is 1.04 bits per heavy atom. The van der Waals surface area contributed by atoms with Gasteiger partial charge in [0.25, 0.3) is 0 Å². The van der Waals surface area contributed by atoms with Crippen LogP contribution >= 0.6 is 0 Å². The van der Waals surface area contributed by atoms with Crippen molar-refractivity contribution >= 4 is 11.9 Å². The molecule has 1 atom stereocenters. The fourth-order valence-corrected chi connectivity index (χ4v) is 3.44. The smallest absolute Gasteiger partial charge is 0.0620 e. The maximum atomic E-state index is 4.52. The molecule has 3 heteroatoms. The molecule has 0 amide bonds. The Morgan fingerprint density at radius 2 is 1.73 bits per heavy atom. The van der Waals surface area contributed by atoms with Crippen molar-refractivity contribution in [1.29, 1.82) is 0 Å². The van der Waals surface area contributed by atoms with Gasteiger partial charge in [-0.25, -0.2) is 0 Å². The van der Waals surface area contributed by atoms with Crippen molar-refractivity contribution in [1.82, 2.24) is 4.90 Å². The molecule has 0 fully saturated rings. The van der Waals surface area contributed by atoms with E-state index in [-0.39, 0.29) is 5.92 Å². The number of aryl methyl sites for hydroxylation is 3. The van der Waals surface area contributed by atoms with Gasteiger partial charge >= 0.3 is 0 Å². The number of hydrogen-bond donors (Lipinski definition) is 1. The number of likely N-dealkylation sites (N-methyl/N-ethyl adjacent to an activating group) is 1. The maximum absolute atomic E-state index is 4.52. The second kappa shape index (κ2) is 7.61. The Kier molecular flexibility index (Phi) is 5.27. The van der Waals surface area contributed by atoms with Gasteiger partial charge in [0.15, 0.2) is 0 Å². The number of hydrazone groups is 1. The van der Waals surface area contributed by atoms with Crippen molar-refractivity contribution in [2.75, 3.05) is 19.5 Å². The molecule has 0 aromatic heterocycles. The average molecular weight is 345 g/mol. The molecule has 0 aliphatic heterocycles. The minimum Gasteiger partial charge on any atom is -0.378 e. The minimum atomic E-state index is 0.290. The highest BCUT2D eigenvalue weighted by Gasteiger charge is 2.15. The quantitative estimate of drug-likeness (QED) is 0.599. The van der Waals surface area contributed by atoms with Crippen molar-refractivity contribution < 1.29 is 0 Å². The molecule has 0 saturated carbocycles. The summed E-state index contributed by atoms with van der Waals surface area (Å²) in [6, 6.07) is 12.8. The van der Waals surface area contributed by atoms with Crippen LogP contribution < -0.4 is 5.43 Å². The molecule has 3 rings (SSSR count). The number of allylic oxidation sites excluding steroid dienone is 3. The first-order chi connectivity index (χ1) is 12.5. The number of nitrogens with one attached hydrogen (secondary N) is 1. The molecule has 0 heterocycles. The average Bonchev–Trinajstić information content (AvgIpc) is 3.08. The third-order valence-corrected chi connectivity index (χ3v) is 4.75. The van der Waals surface area contributed by atoms with Crippen molar-refractivity contribution in [2.45, 2.75) is 26.7 Å². The SMILES string of the molecule is Cc1cc(C)c(NN=Cc2ccccc2C2C=CC(N(C)C)=C2)c(C)c1. The van der Waals surface area contributed by atoms with E-state index in [0.717, 1.165) is 11.3 Å². The first kappa shape index (κ1) is 18.0. The lowest BCUT2D eigenvalue weighted by molar-refractivity contribution is 0.530. The molecule has 1 aliphatic rings. The molecule has 1 unspecified atom stereocenters. The van der Waals surface area contributed by atoms with E-state index in [4.69, 9.17) is 0 Å².